The van der Waals surface area contributed by atoms with Crippen molar-refractivity contribution in [2.45, 2.75) is 25.3 Å². The fourth-order valence-electron chi connectivity index (χ4n) is 2.73. The van der Waals surface area contributed by atoms with Crippen molar-refractivity contribution in [3.8, 4) is 0 Å². The predicted octanol–water partition coefficient (Wildman–Crippen LogP) is 2.85. The number of nitrogens with zero attached hydrogens (tertiary/aromatic N) is 3. The van der Waals surface area contributed by atoms with E-state index in [-0.39, 0.29) is 6.04 Å². The van der Waals surface area contributed by atoms with Crippen LogP contribution in [0, 0.1) is 5.92 Å². The Morgan fingerprint density at radius 1 is 1.29 bits per heavy atom. The lowest BCUT2D eigenvalue weighted by atomic mass is 9.79. The molecule has 1 amide bonds. The van der Waals surface area contributed by atoms with Crippen molar-refractivity contribution >= 4 is 18.1 Å². The summed E-state index contributed by atoms with van der Waals surface area (Å²) in [5.74, 6) is -0.0340. The second kappa shape index (κ2) is 7.70. The SMILES string of the molecule is O=C(/C=C/c1cn(C(/C=C/c2ccccc2)C2CCC2)nn1)NO. The molecule has 0 saturated heterocycles. The summed E-state index contributed by atoms with van der Waals surface area (Å²) in [5, 5.41) is 16.8. The van der Waals surface area contributed by atoms with Gasteiger partial charge in [0.2, 0.25) is 0 Å². The minimum Gasteiger partial charge on any atom is -0.288 e. The van der Waals surface area contributed by atoms with E-state index in [9.17, 15) is 4.79 Å². The first-order valence-electron chi connectivity index (χ1n) is 8.03. The van der Waals surface area contributed by atoms with Crippen molar-refractivity contribution in [2.24, 2.45) is 5.92 Å². The number of hydroxylamine groups is 1. The largest absolute Gasteiger partial charge is 0.288 e. The fraction of sp³-hybridized carbons (Fsp3) is 0.278. The summed E-state index contributed by atoms with van der Waals surface area (Å²) in [6.45, 7) is 0. The Balaban J connectivity index is 1.77. The summed E-state index contributed by atoms with van der Waals surface area (Å²) < 4.78 is 1.85. The zero-order chi connectivity index (χ0) is 16.8. The lowest BCUT2D eigenvalue weighted by molar-refractivity contribution is -0.124. The van der Waals surface area contributed by atoms with Crippen molar-refractivity contribution in [1.82, 2.24) is 20.5 Å². The summed E-state index contributed by atoms with van der Waals surface area (Å²) in [6, 6.07) is 10.3. The molecule has 0 aliphatic heterocycles. The van der Waals surface area contributed by atoms with Crippen LogP contribution in [0.5, 0.6) is 0 Å². The number of carbonyl (C=O) groups excluding carboxylic acids is 1. The number of carbonyl (C=O) groups is 1. The van der Waals surface area contributed by atoms with Crippen molar-refractivity contribution in [3.63, 3.8) is 0 Å². The van der Waals surface area contributed by atoms with E-state index in [2.05, 4.69) is 34.6 Å². The van der Waals surface area contributed by atoms with Crippen LogP contribution in [0.25, 0.3) is 12.2 Å². The van der Waals surface area contributed by atoms with Gasteiger partial charge in [-0.25, -0.2) is 10.2 Å². The molecular weight excluding hydrogens is 304 g/mol. The summed E-state index contributed by atoms with van der Waals surface area (Å²) in [5.41, 5.74) is 3.28. The Kier molecular flexibility index (Phi) is 5.18. The maximum absolute atomic E-state index is 11.0. The van der Waals surface area contributed by atoms with E-state index >= 15 is 0 Å². The molecule has 1 aromatic heterocycles. The molecule has 6 heteroatoms. The van der Waals surface area contributed by atoms with E-state index in [0.29, 0.717) is 11.6 Å². The van der Waals surface area contributed by atoms with Gasteiger partial charge in [0.1, 0.15) is 5.69 Å². The number of hydrogen-bond donors (Lipinski definition) is 2. The standard InChI is InChI=1S/C18H20N4O2/c23-18(20-24)12-10-16-13-22(21-19-16)17(15-7-4-8-15)11-9-14-5-2-1-3-6-14/h1-3,5-6,9-13,15,17,24H,4,7-8H2,(H,20,23)/b11-9+,12-10+. The maximum Gasteiger partial charge on any atom is 0.267 e. The molecule has 1 fully saturated rings. The van der Waals surface area contributed by atoms with Crippen LogP contribution in [0.2, 0.25) is 0 Å². The highest BCUT2D eigenvalue weighted by Gasteiger charge is 2.27. The highest BCUT2D eigenvalue weighted by molar-refractivity contribution is 5.90. The molecule has 0 radical (unpaired) electrons. The lowest BCUT2D eigenvalue weighted by Gasteiger charge is -2.31. The zero-order valence-electron chi connectivity index (χ0n) is 13.2. The van der Waals surface area contributed by atoms with Crippen LogP contribution >= 0.6 is 0 Å². The van der Waals surface area contributed by atoms with Crippen LogP contribution in [0.1, 0.15) is 36.6 Å². The van der Waals surface area contributed by atoms with Crippen LogP contribution in [0.3, 0.4) is 0 Å². The molecule has 124 valence electrons. The van der Waals surface area contributed by atoms with Gasteiger partial charge in [-0.05, 0) is 30.4 Å². The minimum absolute atomic E-state index is 0.153. The molecule has 2 N–H and O–H groups in total. The first kappa shape index (κ1) is 16.1. The first-order valence-corrected chi connectivity index (χ1v) is 8.03. The van der Waals surface area contributed by atoms with Gasteiger partial charge in [-0.1, -0.05) is 54.1 Å². The third-order valence-corrected chi connectivity index (χ3v) is 4.27. The van der Waals surface area contributed by atoms with E-state index in [1.165, 1.54) is 31.4 Å². The monoisotopic (exact) mass is 324 g/mol. The number of rotatable bonds is 6. The number of hydrogen-bond acceptors (Lipinski definition) is 4. The van der Waals surface area contributed by atoms with Crippen molar-refractivity contribution in [1.29, 1.82) is 0 Å². The number of amides is 1. The summed E-state index contributed by atoms with van der Waals surface area (Å²) in [6.07, 6.45) is 12.4. The Bertz CT molecular complexity index is 732. The molecule has 1 heterocycles. The Morgan fingerprint density at radius 2 is 2.08 bits per heavy atom. The van der Waals surface area contributed by atoms with E-state index in [1.54, 1.807) is 5.48 Å². The second-order valence-corrected chi connectivity index (χ2v) is 5.88. The van der Waals surface area contributed by atoms with Gasteiger partial charge in [0.05, 0.1) is 12.2 Å². The van der Waals surface area contributed by atoms with Gasteiger partial charge in [-0.2, -0.15) is 0 Å². The quantitative estimate of drug-likeness (QED) is 0.486. The van der Waals surface area contributed by atoms with E-state index in [0.717, 1.165) is 5.56 Å². The molecule has 1 saturated carbocycles. The Morgan fingerprint density at radius 3 is 2.75 bits per heavy atom. The number of benzene rings is 1. The van der Waals surface area contributed by atoms with Crippen LogP contribution in [-0.2, 0) is 4.79 Å². The molecule has 0 bridgehead atoms. The summed E-state index contributed by atoms with van der Waals surface area (Å²) in [4.78, 5) is 11.0. The average Bonchev–Trinajstić information content (AvgIpc) is 3.04. The van der Waals surface area contributed by atoms with E-state index < -0.39 is 5.91 Å². The van der Waals surface area contributed by atoms with Gasteiger partial charge in [-0.3, -0.25) is 10.0 Å². The highest BCUT2D eigenvalue weighted by Crippen LogP contribution is 2.37. The van der Waals surface area contributed by atoms with Crippen molar-refractivity contribution < 1.29 is 10.0 Å². The summed E-state index contributed by atoms with van der Waals surface area (Å²) >= 11 is 0. The Labute approximate surface area is 140 Å². The van der Waals surface area contributed by atoms with Gasteiger partial charge in [0.15, 0.2) is 0 Å². The first-order chi connectivity index (χ1) is 11.8. The molecule has 1 aliphatic carbocycles. The molecule has 24 heavy (non-hydrogen) atoms. The zero-order valence-corrected chi connectivity index (χ0v) is 13.2. The maximum atomic E-state index is 11.0. The molecule has 6 nitrogen and oxygen atoms in total. The minimum atomic E-state index is -0.593. The third kappa shape index (κ3) is 3.97. The topological polar surface area (TPSA) is 80.0 Å². The van der Waals surface area contributed by atoms with E-state index in [4.69, 9.17) is 5.21 Å². The normalized spacial score (nSPS) is 16.4. The molecule has 0 spiro atoms. The molecule has 1 aromatic carbocycles. The average molecular weight is 324 g/mol. The van der Waals surface area contributed by atoms with Gasteiger partial charge >= 0.3 is 0 Å². The van der Waals surface area contributed by atoms with Crippen LogP contribution < -0.4 is 5.48 Å². The van der Waals surface area contributed by atoms with Crippen LogP contribution in [0.4, 0.5) is 0 Å². The van der Waals surface area contributed by atoms with Gasteiger partial charge < -0.3 is 0 Å². The van der Waals surface area contributed by atoms with E-state index in [1.807, 2.05) is 29.1 Å². The molecule has 1 aliphatic rings. The molecular formula is C18H20N4O2. The summed E-state index contributed by atoms with van der Waals surface area (Å²) in [7, 11) is 0. The number of aromatic nitrogens is 3. The van der Waals surface area contributed by atoms with Crippen molar-refractivity contribution in [3.05, 3.63) is 59.9 Å². The third-order valence-electron chi connectivity index (χ3n) is 4.27. The van der Waals surface area contributed by atoms with Crippen LogP contribution in [-0.4, -0.2) is 26.1 Å². The van der Waals surface area contributed by atoms with Gasteiger partial charge in [0.25, 0.3) is 5.91 Å². The van der Waals surface area contributed by atoms with Crippen LogP contribution in [0.15, 0.2) is 48.7 Å². The van der Waals surface area contributed by atoms with Gasteiger partial charge in [-0.15, -0.1) is 5.10 Å². The number of nitrogens with one attached hydrogen (secondary N) is 1. The Hall–Kier alpha value is -2.73. The predicted molar refractivity (Wildman–Crippen MR) is 90.8 cm³/mol. The molecule has 2 aromatic rings. The molecule has 1 atom stereocenters. The molecule has 1 unspecified atom stereocenters. The smallest absolute Gasteiger partial charge is 0.267 e. The highest BCUT2D eigenvalue weighted by atomic mass is 16.5. The lowest BCUT2D eigenvalue weighted by Crippen LogP contribution is -2.24. The molecule has 3 rings (SSSR count). The van der Waals surface area contributed by atoms with Crippen molar-refractivity contribution in [2.75, 3.05) is 0 Å². The second-order valence-electron chi connectivity index (χ2n) is 5.88. The number of allylic oxidation sites excluding steroid dienone is 1. The fourth-order valence-corrected chi connectivity index (χ4v) is 2.73. The van der Waals surface area contributed by atoms with Gasteiger partial charge in [0, 0.05) is 6.08 Å².